The third-order valence-corrected chi connectivity index (χ3v) is 0.608. The predicted octanol–water partition coefficient (Wildman–Crippen LogP) is -0.820. The molecule has 40 valence electrons. The van der Waals surface area contributed by atoms with Crippen LogP contribution >= 0.6 is 0 Å². The zero-order valence-corrected chi connectivity index (χ0v) is 3.74. The minimum absolute atomic E-state index is 0.0417. The summed E-state index contributed by atoms with van der Waals surface area (Å²) < 4.78 is 3.94. The van der Waals surface area contributed by atoms with Crippen molar-refractivity contribution in [1.29, 1.82) is 5.26 Å². The Morgan fingerprint density at radius 1 is 2.00 bits per heavy atom. The fourth-order valence-corrected chi connectivity index (χ4v) is 0.277. The van der Waals surface area contributed by atoms with E-state index in [1.807, 2.05) is 0 Å². The zero-order chi connectivity index (χ0) is 5.98. The summed E-state index contributed by atoms with van der Waals surface area (Å²) in [5, 5.41) is 21.2. The SMILES string of the molecule is N#Cc1cno[n+]1[O-]. The van der Waals surface area contributed by atoms with E-state index in [9.17, 15) is 5.21 Å². The molecule has 0 radical (unpaired) electrons. The number of nitrogens with zero attached hydrogens (tertiary/aromatic N) is 3. The van der Waals surface area contributed by atoms with E-state index < -0.39 is 0 Å². The molecule has 0 aliphatic rings. The van der Waals surface area contributed by atoms with E-state index in [1.165, 1.54) is 0 Å². The summed E-state index contributed by atoms with van der Waals surface area (Å²) in [6.07, 6.45) is 1.05. The van der Waals surface area contributed by atoms with E-state index in [4.69, 9.17) is 5.26 Å². The molecule has 0 bridgehead atoms. The molecule has 0 N–H and O–H groups in total. The van der Waals surface area contributed by atoms with Crippen LogP contribution in [0.2, 0.25) is 0 Å². The number of hydrogen-bond acceptors (Lipinski definition) is 4. The van der Waals surface area contributed by atoms with E-state index in [0.717, 1.165) is 6.20 Å². The average molecular weight is 111 g/mol. The number of aromatic nitrogens is 2. The standard InChI is InChI=1S/C3HN3O2/c4-1-3-2-5-8-6(3)7/h2H. The van der Waals surface area contributed by atoms with E-state index in [0.29, 0.717) is 0 Å². The molecule has 0 saturated carbocycles. The molecule has 0 saturated heterocycles. The molecule has 0 unspecified atom stereocenters. The molecule has 0 fully saturated rings. The van der Waals surface area contributed by atoms with Crippen molar-refractivity contribution in [3.05, 3.63) is 17.1 Å². The van der Waals surface area contributed by atoms with E-state index in [-0.39, 0.29) is 10.6 Å². The summed E-state index contributed by atoms with van der Waals surface area (Å²) in [6, 6.07) is 1.57. The molecule has 8 heavy (non-hydrogen) atoms. The second-order valence-corrected chi connectivity index (χ2v) is 1.07. The quantitative estimate of drug-likeness (QED) is 0.410. The molecular formula is C3HN3O2. The molecule has 0 aliphatic carbocycles. The Morgan fingerprint density at radius 2 is 2.75 bits per heavy atom. The predicted molar refractivity (Wildman–Crippen MR) is 20.2 cm³/mol. The lowest BCUT2D eigenvalue weighted by Crippen LogP contribution is -2.25. The van der Waals surface area contributed by atoms with Crippen molar-refractivity contribution < 1.29 is 9.53 Å². The van der Waals surface area contributed by atoms with Crippen LogP contribution in [0.3, 0.4) is 0 Å². The van der Waals surface area contributed by atoms with Crippen LogP contribution in [0, 0.1) is 16.5 Å². The molecule has 0 aliphatic heterocycles. The molecule has 1 aromatic heterocycles. The average Bonchev–Trinajstić information content (AvgIpc) is 2.14. The lowest BCUT2D eigenvalue weighted by atomic mass is 10.5. The van der Waals surface area contributed by atoms with Gasteiger partial charge in [0.05, 0.1) is 0 Å². The summed E-state index contributed by atoms with van der Waals surface area (Å²) in [4.78, 5) is 0.0417. The Kier molecular flexibility index (Phi) is 0.860. The fourth-order valence-electron chi connectivity index (χ4n) is 0.277. The van der Waals surface area contributed by atoms with Crippen LogP contribution in [0.5, 0.6) is 0 Å². The Bertz CT molecular complexity index is 223. The van der Waals surface area contributed by atoms with Gasteiger partial charge in [0, 0.05) is 5.16 Å². The minimum Gasteiger partial charge on any atom is -0.358 e. The van der Waals surface area contributed by atoms with Crippen molar-refractivity contribution in [2.75, 3.05) is 0 Å². The zero-order valence-electron chi connectivity index (χ0n) is 3.74. The van der Waals surface area contributed by atoms with Gasteiger partial charge in [0.2, 0.25) is 6.20 Å². The van der Waals surface area contributed by atoms with Crippen molar-refractivity contribution in [3.8, 4) is 6.07 Å². The number of hydrogen-bond donors (Lipinski definition) is 0. The topological polar surface area (TPSA) is 76.8 Å². The fraction of sp³-hybridized carbons (Fsp3) is 0. The van der Waals surface area contributed by atoms with Crippen LogP contribution in [0.15, 0.2) is 10.8 Å². The van der Waals surface area contributed by atoms with Gasteiger partial charge in [0.1, 0.15) is 0 Å². The maximum atomic E-state index is 10.1. The van der Waals surface area contributed by atoms with Crippen molar-refractivity contribution in [3.63, 3.8) is 0 Å². The third-order valence-electron chi connectivity index (χ3n) is 0.608. The highest BCUT2D eigenvalue weighted by Gasteiger charge is 2.01. The summed E-state index contributed by atoms with van der Waals surface area (Å²) in [5.41, 5.74) is -0.134. The highest BCUT2D eigenvalue weighted by molar-refractivity contribution is 5.06. The van der Waals surface area contributed by atoms with Gasteiger partial charge < -0.3 is 5.21 Å². The Labute approximate surface area is 44.3 Å². The highest BCUT2D eigenvalue weighted by Crippen LogP contribution is 1.79. The van der Waals surface area contributed by atoms with Crippen LogP contribution in [0.1, 0.15) is 5.69 Å². The van der Waals surface area contributed by atoms with Gasteiger partial charge >= 0.3 is 0 Å². The van der Waals surface area contributed by atoms with Crippen molar-refractivity contribution >= 4 is 0 Å². The molecule has 0 spiro atoms. The van der Waals surface area contributed by atoms with Gasteiger partial charge in [0.15, 0.2) is 6.07 Å². The van der Waals surface area contributed by atoms with Gasteiger partial charge in [-0.15, -0.1) is 0 Å². The van der Waals surface area contributed by atoms with Gasteiger partial charge in [-0.05, 0) is 4.90 Å². The smallest absolute Gasteiger partial charge is 0.294 e. The Morgan fingerprint density at radius 3 is 3.00 bits per heavy atom. The van der Waals surface area contributed by atoms with Gasteiger partial charge in [0.25, 0.3) is 5.69 Å². The number of nitriles is 1. The van der Waals surface area contributed by atoms with E-state index in [2.05, 4.69) is 9.79 Å². The van der Waals surface area contributed by atoms with Gasteiger partial charge in [-0.25, -0.2) is 0 Å². The summed E-state index contributed by atoms with van der Waals surface area (Å²) in [5.74, 6) is 0. The molecule has 0 aromatic carbocycles. The minimum atomic E-state index is -0.134. The van der Waals surface area contributed by atoms with Crippen LogP contribution in [-0.2, 0) is 0 Å². The number of rotatable bonds is 0. The Hall–Kier alpha value is -1.57. The highest BCUT2D eigenvalue weighted by atomic mass is 16.8. The van der Waals surface area contributed by atoms with Crippen molar-refractivity contribution in [2.24, 2.45) is 0 Å². The maximum absolute atomic E-state index is 10.1. The van der Waals surface area contributed by atoms with Gasteiger partial charge in [-0.2, -0.15) is 5.26 Å². The first-order chi connectivity index (χ1) is 3.84. The molecular weight excluding hydrogens is 110 g/mol. The molecule has 0 amide bonds. The van der Waals surface area contributed by atoms with Crippen molar-refractivity contribution in [2.45, 2.75) is 0 Å². The Balaban J connectivity index is 3.15. The van der Waals surface area contributed by atoms with E-state index in [1.54, 1.807) is 6.07 Å². The van der Waals surface area contributed by atoms with Crippen LogP contribution in [-0.4, -0.2) is 5.16 Å². The second kappa shape index (κ2) is 1.50. The molecule has 1 rings (SSSR count). The molecule has 5 nitrogen and oxygen atoms in total. The molecule has 1 heterocycles. The monoisotopic (exact) mass is 111 g/mol. The van der Waals surface area contributed by atoms with Crippen LogP contribution in [0.25, 0.3) is 0 Å². The van der Waals surface area contributed by atoms with E-state index >= 15 is 0 Å². The first kappa shape index (κ1) is 4.59. The third kappa shape index (κ3) is 0.479. The van der Waals surface area contributed by atoms with Gasteiger partial charge in [-0.3, -0.25) is 4.63 Å². The molecule has 1 aromatic rings. The lowest BCUT2D eigenvalue weighted by Gasteiger charge is -1.78. The summed E-state index contributed by atoms with van der Waals surface area (Å²) in [6.45, 7) is 0. The lowest BCUT2D eigenvalue weighted by molar-refractivity contribution is -0.804. The largest absolute Gasteiger partial charge is 0.358 e. The molecule has 5 heteroatoms. The summed E-state index contributed by atoms with van der Waals surface area (Å²) in [7, 11) is 0. The maximum Gasteiger partial charge on any atom is 0.294 e. The summed E-state index contributed by atoms with van der Waals surface area (Å²) >= 11 is 0. The van der Waals surface area contributed by atoms with Crippen LogP contribution < -0.4 is 4.90 Å². The normalized spacial score (nSPS) is 8.38. The second-order valence-electron chi connectivity index (χ2n) is 1.07. The first-order valence-electron chi connectivity index (χ1n) is 1.79. The van der Waals surface area contributed by atoms with Gasteiger partial charge in [-0.1, -0.05) is 0 Å². The van der Waals surface area contributed by atoms with Crippen molar-refractivity contribution in [1.82, 2.24) is 5.16 Å². The molecule has 0 atom stereocenters. The van der Waals surface area contributed by atoms with Crippen LogP contribution in [0.4, 0.5) is 0 Å². The first-order valence-corrected chi connectivity index (χ1v) is 1.79.